The summed E-state index contributed by atoms with van der Waals surface area (Å²) in [6, 6.07) is 68.7. The zero-order valence-electron chi connectivity index (χ0n) is 33.6. The van der Waals surface area contributed by atoms with E-state index in [1.807, 2.05) is 11.3 Å². The van der Waals surface area contributed by atoms with E-state index in [1.165, 1.54) is 86.2 Å². The smallest absolute Gasteiger partial charge is 0.235 e. The van der Waals surface area contributed by atoms with Crippen LogP contribution in [0.25, 0.3) is 114 Å². The van der Waals surface area contributed by atoms with E-state index >= 15 is 0 Å². The molecule has 286 valence electrons. The number of thiophene rings is 1. The van der Waals surface area contributed by atoms with Crippen molar-refractivity contribution in [3.8, 4) is 50.6 Å². The normalized spacial score (nSPS) is 13.2. The number of hydrogen-bond acceptors (Lipinski definition) is 3. The van der Waals surface area contributed by atoms with E-state index in [0.717, 1.165) is 33.2 Å². The van der Waals surface area contributed by atoms with Crippen LogP contribution in [0.15, 0.2) is 188 Å². The molecule has 4 heteroatoms. The predicted molar refractivity (Wildman–Crippen MR) is 258 cm³/mol. The molecule has 0 bridgehead atoms. The van der Waals surface area contributed by atoms with Crippen LogP contribution in [0, 0.1) is 0 Å². The second-order valence-corrected chi connectivity index (χ2v) is 18.0. The van der Waals surface area contributed by atoms with Gasteiger partial charge in [-0.3, -0.25) is 4.57 Å². The molecule has 13 rings (SSSR count). The van der Waals surface area contributed by atoms with Crippen LogP contribution in [0.1, 0.15) is 25.0 Å². The van der Waals surface area contributed by atoms with Crippen LogP contribution in [0.2, 0.25) is 0 Å². The standard InChI is InChI=1S/C57H37N3S/c1-57(2)47-18-7-3-12-40(47)41-30-28-38(33-48(41)57)54-44-14-4-8-19-49(44)58-56(59-54)60-50-20-9-5-15-45(50)53-46-32-37(27-26-36(46)29-31-51(53)60)34-22-24-35(25-23-34)39-16-11-17-43-42-13-6-10-21-52(42)61-55(39)43/h3-33H,1-2H3. The largest absolute Gasteiger partial charge is 0.278 e. The zero-order valence-corrected chi connectivity index (χ0v) is 34.5. The van der Waals surface area contributed by atoms with E-state index in [4.69, 9.17) is 9.97 Å². The van der Waals surface area contributed by atoms with Crippen LogP contribution >= 0.6 is 11.3 Å². The van der Waals surface area contributed by atoms with Gasteiger partial charge >= 0.3 is 0 Å². The van der Waals surface area contributed by atoms with E-state index in [0.29, 0.717) is 5.95 Å². The van der Waals surface area contributed by atoms with Crippen molar-refractivity contribution in [2.24, 2.45) is 0 Å². The topological polar surface area (TPSA) is 30.7 Å². The third-order valence-electron chi connectivity index (χ3n) is 13.2. The summed E-state index contributed by atoms with van der Waals surface area (Å²) in [5.74, 6) is 0.669. The number of benzene rings is 9. The van der Waals surface area contributed by atoms with Crippen LogP contribution in [0.3, 0.4) is 0 Å². The van der Waals surface area contributed by atoms with Gasteiger partial charge < -0.3 is 0 Å². The fourth-order valence-electron chi connectivity index (χ4n) is 10.2. The number of hydrogen-bond donors (Lipinski definition) is 0. The highest BCUT2D eigenvalue weighted by molar-refractivity contribution is 7.26. The van der Waals surface area contributed by atoms with Gasteiger partial charge in [0.05, 0.1) is 22.2 Å². The van der Waals surface area contributed by atoms with Gasteiger partial charge in [0.15, 0.2) is 0 Å². The van der Waals surface area contributed by atoms with Crippen molar-refractivity contribution in [3.63, 3.8) is 0 Å². The minimum absolute atomic E-state index is 0.114. The van der Waals surface area contributed by atoms with Crippen molar-refractivity contribution in [3.05, 3.63) is 199 Å². The Kier molecular flexibility index (Phi) is 7.23. The molecule has 0 amide bonds. The third kappa shape index (κ3) is 5.03. The van der Waals surface area contributed by atoms with Gasteiger partial charge in [-0.25, -0.2) is 9.97 Å². The number of aromatic nitrogens is 3. The number of fused-ring (bicyclic) bond motifs is 12. The summed E-state index contributed by atoms with van der Waals surface area (Å²) in [4.78, 5) is 10.8. The minimum atomic E-state index is -0.114. The lowest BCUT2D eigenvalue weighted by atomic mass is 9.82. The van der Waals surface area contributed by atoms with Gasteiger partial charge in [-0.1, -0.05) is 166 Å². The van der Waals surface area contributed by atoms with Crippen LogP contribution in [-0.4, -0.2) is 14.5 Å². The van der Waals surface area contributed by atoms with Crippen molar-refractivity contribution >= 4 is 75.0 Å². The molecule has 0 N–H and O–H groups in total. The van der Waals surface area contributed by atoms with Gasteiger partial charge in [0.1, 0.15) is 0 Å². The summed E-state index contributed by atoms with van der Waals surface area (Å²) in [6.07, 6.45) is 0. The molecule has 0 atom stereocenters. The van der Waals surface area contributed by atoms with Crippen LogP contribution in [0.5, 0.6) is 0 Å². The highest BCUT2D eigenvalue weighted by Crippen LogP contribution is 2.50. The Morgan fingerprint density at radius 3 is 2.02 bits per heavy atom. The Bertz CT molecular complexity index is 3790. The number of para-hydroxylation sites is 2. The molecule has 3 aromatic heterocycles. The van der Waals surface area contributed by atoms with Gasteiger partial charge in [-0.2, -0.15) is 0 Å². The van der Waals surface area contributed by atoms with E-state index in [2.05, 4.69) is 206 Å². The first kappa shape index (κ1) is 34.5. The molecular formula is C57H37N3S. The molecule has 0 spiro atoms. The molecule has 0 unspecified atom stereocenters. The predicted octanol–water partition coefficient (Wildman–Crippen LogP) is 15.6. The lowest BCUT2D eigenvalue weighted by Gasteiger charge is -2.22. The third-order valence-corrected chi connectivity index (χ3v) is 14.5. The van der Waals surface area contributed by atoms with E-state index in [1.54, 1.807) is 0 Å². The minimum Gasteiger partial charge on any atom is -0.278 e. The lowest BCUT2D eigenvalue weighted by molar-refractivity contribution is 0.660. The molecule has 1 aliphatic carbocycles. The molecule has 3 heterocycles. The lowest BCUT2D eigenvalue weighted by Crippen LogP contribution is -2.15. The van der Waals surface area contributed by atoms with Crippen LogP contribution < -0.4 is 0 Å². The van der Waals surface area contributed by atoms with Gasteiger partial charge in [0.25, 0.3) is 0 Å². The molecule has 12 aromatic rings. The maximum absolute atomic E-state index is 5.50. The van der Waals surface area contributed by atoms with Crippen molar-refractivity contribution in [2.45, 2.75) is 19.3 Å². The average molecular weight is 796 g/mol. The monoisotopic (exact) mass is 795 g/mol. The second-order valence-electron chi connectivity index (χ2n) is 16.9. The quantitative estimate of drug-likeness (QED) is 0.178. The number of nitrogens with zero attached hydrogens (tertiary/aromatic N) is 3. The van der Waals surface area contributed by atoms with Crippen LogP contribution in [-0.2, 0) is 5.41 Å². The van der Waals surface area contributed by atoms with Gasteiger partial charge in [-0.05, 0) is 91.7 Å². The Hall–Kier alpha value is -7.40. The summed E-state index contributed by atoms with van der Waals surface area (Å²) in [7, 11) is 0. The maximum atomic E-state index is 5.50. The van der Waals surface area contributed by atoms with Crippen molar-refractivity contribution in [1.29, 1.82) is 0 Å². The molecule has 0 aliphatic heterocycles. The summed E-state index contributed by atoms with van der Waals surface area (Å²) < 4.78 is 4.93. The molecule has 61 heavy (non-hydrogen) atoms. The first-order valence-electron chi connectivity index (χ1n) is 21.0. The Morgan fingerprint density at radius 2 is 1.11 bits per heavy atom. The molecule has 0 fully saturated rings. The van der Waals surface area contributed by atoms with E-state index < -0.39 is 0 Å². The van der Waals surface area contributed by atoms with Crippen molar-refractivity contribution in [2.75, 3.05) is 0 Å². The molecule has 0 saturated carbocycles. The average Bonchev–Trinajstić information content (AvgIpc) is 3.94. The summed E-state index contributed by atoms with van der Waals surface area (Å²) in [5, 5.41) is 8.50. The Labute approximate surface area is 356 Å². The van der Waals surface area contributed by atoms with Gasteiger partial charge in [-0.15, -0.1) is 11.3 Å². The Balaban J connectivity index is 0.959. The highest BCUT2D eigenvalue weighted by Gasteiger charge is 2.35. The molecule has 3 nitrogen and oxygen atoms in total. The number of rotatable bonds is 4. The van der Waals surface area contributed by atoms with E-state index in [9.17, 15) is 0 Å². The zero-order chi connectivity index (χ0) is 40.4. The summed E-state index contributed by atoms with van der Waals surface area (Å²) in [5.41, 5.74) is 15.2. The molecule has 9 aromatic carbocycles. The second kappa shape index (κ2) is 12.8. The van der Waals surface area contributed by atoms with E-state index in [-0.39, 0.29) is 5.41 Å². The molecule has 0 radical (unpaired) electrons. The fraction of sp³-hybridized carbons (Fsp3) is 0.0526. The summed E-state index contributed by atoms with van der Waals surface area (Å²) >= 11 is 1.88. The molecule has 1 aliphatic rings. The molecular weight excluding hydrogens is 759 g/mol. The molecule has 0 saturated heterocycles. The van der Waals surface area contributed by atoms with Crippen LogP contribution in [0.4, 0.5) is 0 Å². The Morgan fingerprint density at radius 1 is 0.443 bits per heavy atom. The van der Waals surface area contributed by atoms with Crippen molar-refractivity contribution < 1.29 is 0 Å². The SMILES string of the molecule is CC1(C)c2ccccc2-c2ccc(-c3nc(-n4c5ccccc5c5c6cc(-c7ccc(-c8cccc9c8sc8ccccc89)cc7)ccc6ccc54)nc4ccccc34)cc21. The van der Waals surface area contributed by atoms with Gasteiger partial charge in [0, 0.05) is 47.3 Å². The summed E-state index contributed by atoms with van der Waals surface area (Å²) in [6.45, 7) is 4.67. The first-order valence-corrected chi connectivity index (χ1v) is 21.8. The van der Waals surface area contributed by atoms with Crippen molar-refractivity contribution in [1.82, 2.24) is 14.5 Å². The maximum Gasteiger partial charge on any atom is 0.235 e. The highest BCUT2D eigenvalue weighted by atomic mass is 32.1. The first-order chi connectivity index (χ1) is 30.0. The fourth-order valence-corrected chi connectivity index (χ4v) is 11.5. The van der Waals surface area contributed by atoms with Gasteiger partial charge in [0.2, 0.25) is 5.95 Å².